The minimum absolute atomic E-state index is 0.228. The van der Waals surface area contributed by atoms with Crippen LogP contribution in [0.3, 0.4) is 0 Å². The zero-order valence-corrected chi connectivity index (χ0v) is 10.7. The summed E-state index contributed by atoms with van der Waals surface area (Å²) in [6.07, 6.45) is 1.30. The summed E-state index contributed by atoms with van der Waals surface area (Å²) in [7, 11) is 0. The SMILES string of the molecule is O=C(Cc1ccc(Br)s1)NC1(C(=O)O)CC1. The van der Waals surface area contributed by atoms with E-state index in [1.54, 1.807) is 0 Å². The lowest BCUT2D eigenvalue weighted by Crippen LogP contribution is -2.43. The molecule has 1 saturated carbocycles. The Kier molecular flexibility index (Phi) is 3.03. The van der Waals surface area contributed by atoms with Crippen molar-refractivity contribution >= 4 is 39.1 Å². The van der Waals surface area contributed by atoms with Crippen LogP contribution in [0.25, 0.3) is 0 Å². The molecule has 1 aliphatic carbocycles. The van der Waals surface area contributed by atoms with E-state index in [2.05, 4.69) is 21.2 Å². The Bertz CT molecular complexity index is 439. The van der Waals surface area contributed by atoms with Crippen LogP contribution in [-0.4, -0.2) is 22.5 Å². The largest absolute Gasteiger partial charge is 0.480 e. The van der Waals surface area contributed by atoms with Crippen molar-refractivity contribution < 1.29 is 14.7 Å². The molecule has 2 N–H and O–H groups in total. The molecule has 4 nitrogen and oxygen atoms in total. The molecular formula is C10H10BrNO3S. The molecule has 1 fully saturated rings. The Labute approximate surface area is 105 Å². The monoisotopic (exact) mass is 303 g/mol. The molecule has 0 spiro atoms. The Morgan fingerprint density at radius 2 is 2.19 bits per heavy atom. The maximum atomic E-state index is 11.6. The Hall–Kier alpha value is -0.880. The van der Waals surface area contributed by atoms with Gasteiger partial charge in [-0.3, -0.25) is 4.79 Å². The maximum absolute atomic E-state index is 11.6. The summed E-state index contributed by atoms with van der Waals surface area (Å²) in [6.45, 7) is 0. The molecule has 0 saturated heterocycles. The number of aliphatic carboxylic acids is 1. The Morgan fingerprint density at radius 1 is 1.50 bits per heavy atom. The van der Waals surface area contributed by atoms with Crippen molar-refractivity contribution in [2.45, 2.75) is 24.8 Å². The van der Waals surface area contributed by atoms with E-state index >= 15 is 0 Å². The summed E-state index contributed by atoms with van der Waals surface area (Å²) in [5.41, 5.74) is -0.981. The summed E-state index contributed by atoms with van der Waals surface area (Å²) < 4.78 is 0.967. The number of carbonyl (C=O) groups is 2. The summed E-state index contributed by atoms with van der Waals surface area (Å²) in [6, 6.07) is 3.73. The van der Waals surface area contributed by atoms with Crippen LogP contribution in [0.2, 0.25) is 0 Å². The summed E-state index contributed by atoms with van der Waals surface area (Å²) in [5, 5.41) is 11.5. The predicted octanol–water partition coefficient (Wildman–Crippen LogP) is 1.79. The van der Waals surface area contributed by atoms with E-state index in [0.29, 0.717) is 12.8 Å². The molecule has 0 bridgehead atoms. The topological polar surface area (TPSA) is 66.4 Å². The van der Waals surface area contributed by atoms with Crippen molar-refractivity contribution in [3.63, 3.8) is 0 Å². The molecule has 16 heavy (non-hydrogen) atoms. The first kappa shape index (κ1) is 11.6. The number of carbonyl (C=O) groups excluding carboxylic acids is 1. The van der Waals surface area contributed by atoms with Gasteiger partial charge in [-0.15, -0.1) is 11.3 Å². The van der Waals surface area contributed by atoms with E-state index in [0.717, 1.165) is 8.66 Å². The highest BCUT2D eigenvalue weighted by Crippen LogP contribution is 2.35. The Balaban J connectivity index is 1.92. The quantitative estimate of drug-likeness (QED) is 0.891. The van der Waals surface area contributed by atoms with Crippen molar-refractivity contribution in [1.29, 1.82) is 0 Å². The van der Waals surface area contributed by atoms with Crippen LogP contribution < -0.4 is 5.32 Å². The predicted molar refractivity (Wildman–Crippen MR) is 63.5 cm³/mol. The van der Waals surface area contributed by atoms with Crippen molar-refractivity contribution in [2.75, 3.05) is 0 Å². The van der Waals surface area contributed by atoms with Gasteiger partial charge in [-0.2, -0.15) is 0 Å². The molecule has 1 aliphatic rings. The van der Waals surface area contributed by atoms with Crippen molar-refractivity contribution in [3.8, 4) is 0 Å². The molecule has 86 valence electrons. The third kappa shape index (κ3) is 2.44. The van der Waals surface area contributed by atoms with Crippen LogP contribution in [0.5, 0.6) is 0 Å². The van der Waals surface area contributed by atoms with Gasteiger partial charge in [-0.25, -0.2) is 4.79 Å². The van der Waals surface area contributed by atoms with E-state index < -0.39 is 11.5 Å². The summed E-state index contributed by atoms with van der Waals surface area (Å²) >= 11 is 4.79. The van der Waals surface area contributed by atoms with Gasteiger partial charge in [-0.1, -0.05) is 0 Å². The smallest absolute Gasteiger partial charge is 0.329 e. The number of thiophene rings is 1. The van der Waals surface area contributed by atoms with Gasteiger partial charge in [0.1, 0.15) is 5.54 Å². The molecule has 0 aromatic carbocycles. The average Bonchev–Trinajstić information content (AvgIpc) is 2.85. The number of rotatable bonds is 4. The second-order valence-electron chi connectivity index (χ2n) is 3.82. The lowest BCUT2D eigenvalue weighted by Gasteiger charge is -2.11. The number of carboxylic acid groups (broad SMARTS) is 1. The van der Waals surface area contributed by atoms with E-state index in [1.807, 2.05) is 12.1 Å². The van der Waals surface area contributed by atoms with Gasteiger partial charge in [0.15, 0.2) is 0 Å². The van der Waals surface area contributed by atoms with Crippen LogP contribution in [0.15, 0.2) is 15.9 Å². The van der Waals surface area contributed by atoms with Gasteiger partial charge < -0.3 is 10.4 Å². The third-order valence-electron chi connectivity index (χ3n) is 2.50. The zero-order valence-electron chi connectivity index (χ0n) is 8.33. The number of hydrogen-bond acceptors (Lipinski definition) is 3. The van der Waals surface area contributed by atoms with Gasteiger partial charge in [0.05, 0.1) is 10.2 Å². The van der Waals surface area contributed by atoms with Crippen molar-refractivity contribution in [3.05, 3.63) is 20.8 Å². The van der Waals surface area contributed by atoms with Crippen LogP contribution >= 0.6 is 27.3 Å². The second-order valence-corrected chi connectivity index (χ2v) is 6.37. The molecule has 0 radical (unpaired) electrons. The molecule has 6 heteroatoms. The van der Waals surface area contributed by atoms with Gasteiger partial charge in [0.25, 0.3) is 0 Å². The van der Waals surface area contributed by atoms with E-state index in [1.165, 1.54) is 11.3 Å². The van der Waals surface area contributed by atoms with E-state index in [9.17, 15) is 9.59 Å². The van der Waals surface area contributed by atoms with Crippen LogP contribution in [0.1, 0.15) is 17.7 Å². The molecule has 1 aromatic rings. The summed E-state index contributed by atoms with van der Waals surface area (Å²) in [4.78, 5) is 23.4. The number of nitrogens with one attached hydrogen (secondary N) is 1. The minimum Gasteiger partial charge on any atom is -0.480 e. The molecule has 0 aliphatic heterocycles. The van der Waals surface area contributed by atoms with Crippen molar-refractivity contribution in [1.82, 2.24) is 5.32 Å². The van der Waals surface area contributed by atoms with Gasteiger partial charge >= 0.3 is 5.97 Å². The van der Waals surface area contributed by atoms with Gasteiger partial charge in [0.2, 0.25) is 5.91 Å². The fourth-order valence-corrected chi connectivity index (χ4v) is 2.92. The lowest BCUT2D eigenvalue weighted by atomic mass is 10.2. The number of carboxylic acids is 1. The second kappa shape index (κ2) is 4.18. The van der Waals surface area contributed by atoms with Crippen LogP contribution in [0.4, 0.5) is 0 Å². The average molecular weight is 304 g/mol. The fraction of sp³-hybridized carbons (Fsp3) is 0.400. The molecule has 1 heterocycles. The first-order valence-corrected chi connectivity index (χ1v) is 6.41. The third-order valence-corrected chi connectivity index (χ3v) is 4.13. The minimum atomic E-state index is -0.981. The van der Waals surface area contributed by atoms with Gasteiger partial charge in [0, 0.05) is 4.88 Å². The molecular weight excluding hydrogens is 294 g/mol. The van der Waals surface area contributed by atoms with E-state index in [-0.39, 0.29) is 12.3 Å². The molecule has 1 aromatic heterocycles. The number of amides is 1. The molecule has 1 amide bonds. The Morgan fingerprint density at radius 3 is 2.62 bits per heavy atom. The highest BCUT2D eigenvalue weighted by atomic mass is 79.9. The normalized spacial score (nSPS) is 16.8. The first-order chi connectivity index (χ1) is 7.52. The van der Waals surface area contributed by atoms with E-state index in [4.69, 9.17) is 5.11 Å². The highest BCUT2D eigenvalue weighted by molar-refractivity contribution is 9.11. The molecule has 2 rings (SSSR count). The lowest BCUT2D eigenvalue weighted by molar-refractivity contribution is -0.143. The highest BCUT2D eigenvalue weighted by Gasteiger charge is 2.51. The number of hydrogen-bond donors (Lipinski definition) is 2. The van der Waals surface area contributed by atoms with Gasteiger partial charge in [-0.05, 0) is 40.9 Å². The number of halogens is 1. The fourth-order valence-electron chi connectivity index (χ4n) is 1.43. The summed E-state index contributed by atoms with van der Waals surface area (Å²) in [5.74, 6) is -1.16. The van der Waals surface area contributed by atoms with Crippen molar-refractivity contribution in [2.24, 2.45) is 0 Å². The standard InChI is InChI=1S/C10H10BrNO3S/c11-7-2-1-6(16-7)5-8(13)12-10(3-4-10)9(14)15/h1-2H,3-5H2,(H,12,13)(H,14,15). The first-order valence-electron chi connectivity index (χ1n) is 4.80. The maximum Gasteiger partial charge on any atom is 0.329 e. The molecule has 0 atom stereocenters. The van der Waals surface area contributed by atoms with Crippen LogP contribution in [-0.2, 0) is 16.0 Å². The molecule has 0 unspecified atom stereocenters. The van der Waals surface area contributed by atoms with Crippen LogP contribution in [0, 0.1) is 0 Å². The zero-order chi connectivity index (χ0) is 11.8.